The Morgan fingerprint density at radius 1 is 1.28 bits per heavy atom. The van der Waals surface area contributed by atoms with Crippen molar-refractivity contribution in [1.29, 1.82) is 0 Å². The Hall–Kier alpha value is -3.63. The van der Waals surface area contributed by atoms with E-state index in [-0.39, 0.29) is 22.9 Å². The summed E-state index contributed by atoms with van der Waals surface area (Å²) in [6, 6.07) is 5.53. The lowest BCUT2D eigenvalue weighted by Gasteiger charge is -2.21. The topological polar surface area (TPSA) is 86.5 Å². The molecule has 7 nitrogen and oxygen atoms in total. The molecule has 1 atom stereocenters. The fourth-order valence-corrected chi connectivity index (χ4v) is 3.44. The number of aryl methyl sites for hydroxylation is 1. The molecule has 11 heteroatoms. The molecule has 0 saturated heterocycles. The fourth-order valence-electron chi connectivity index (χ4n) is 3.44. The Kier molecular flexibility index (Phi) is 5.72. The van der Waals surface area contributed by atoms with Crippen LogP contribution in [0.25, 0.3) is 11.5 Å². The van der Waals surface area contributed by atoms with Crippen LogP contribution in [0.4, 0.5) is 17.6 Å². The summed E-state index contributed by atoms with van der Waals surface area (Å²) >= 11 is 0. The molecule has 1 amide bonds. The highest BCUT2D eigenvalue weighted by Gasteiger charge is 2.32. The molecule has 4 rings (SSSR count). The van der Waals surface area contributed by atoms with Crippen molar-refractivity contribution in [2.75, 3.05) is 7.11 Å². The first-order chi connectivity index (χ1) is 15.2. The number of hydrogen-bond acceptors (Lipinski definition) is 6. The van der Waals surface area contributed by atoms with Crippen molar-refractivity contribution in [3.8, 4) is 23.1 Å². The van der Waals surface area contributed by atoms with Crippen molar-refractivity contribution in [3.05, 3.63) is 59.4 Å². The number of pyridine rings is 1. The van der Waals surface area contributed by atoms with E-state index in [4.69, 9.17) is 9.15 Å². The number of amides is 1. The Morgan fingerprint density at radius 2 is 2.09 bits per heavy atom. The van der Waals surface area contributed by atoms with Crippen LogP contribution in [0.15, 0.2) is 40.9 Å². The third-order valence-electron chi connectivity index (χ3n) is 4.86. The number of alkyl halides is 3. The van der Waals surface area contributed by atoms with Gasteiger partial charge in [-0.25, -0.2) is 14.4 Å². The van der Waals surface area contributed by atoms with E-state index >= 15 is 0 Å². The molecule has 1 aliphatic carbocycles. The summed E-state index contributed by atoms with van der Waals surface area (Å²) in [7, 11) is 1.39. The number of carbonyl (C=O) groups excluding carboxylic acids is 1. The molecule has 2 heterocycles. The summed E-state index contributed by atoms with van der Waals surface area (Å²) in [6.07, 6.45) is -2.09. The Morgan fingerprint density at radius 3 is 2.84 bits per heavy atom. The van der Waals surface area contributed by atoms with Gasteiger partial charge >= 0.3 is 6.36 Å². The minimum Gasteiger partial charge on any atom is -0.481 e. The van der Waals surface area contributed by atoms with Crippen LogP contribution in [0, 0.1) is 5.82 Å². The molecule has 0 bridgehead atoms. The Balaban J connectivity index is 1.57. The number of halogens is 4. The first kappa shape index (κ1) is 21.6. The Labute approximate surface area is 179 Å². The maximum Gasteiger partial charge on any atom is 0.573 e. The molecule has 1 N–H and O–H groups in total. The second-order valence-electron chi connectivity index (χ2n) is 7.03. The minimum absolute atomic E-state index is 0.0106. The highest BCUT2D eigenvalue weighted by molar-refractivity contribution is 5.94. The summed E-state index contributed by atoms with van der Waals surface area (Å²) in [5, 5.41) is 2.74. The van der Waals surface area contributed by atoms with E-state index in [0.717, 1.165) is 18.3 Å². The largest absolute Gasteiger partial charge is 0.573 e. The van der Waals surface area contributed by atoms with Crippen LogP contribution in [0.5, 0.6) is 11.6 Å². The van der Waals surface area contributed by atoms with Gasteiger partial charge in [-0.3, -0.25) is 4.79 Å². The van der Waals surface area contributed by atoms with Crippen molar-refractivity contribution >= 4 is 5.91 Å². The van der Waals surface area contributed by atoms with Gasteiger partial charge in [-0.05, 0) is 37.5 Å². The summed E-state index contributed by atoms with van der Waals surface area (Å²) < 4.78 is 66.3. The number of methoxy groups -OCH3 is 1. The predicted octanol–water partition coefficient (Wildman–Crippen LogP) is 4.59. The number of benzene rings is 1. The zero-order valence-corrected chi connectivity index (χ0v) is 16.7. The lowest BCUT2D eigenvalue weighted by molar-refractivity contribution is -0.274. The SMILES string of the molecule is COc1cc(-c2nc3c(o2)[C@@H](NC(=O)c2cccc(OC(F)(F)F)c2)CCC3)c(F)cn1. The molecule has 0 spiro atoms. The molecule has 0 fully saturated rings. The van der Waals surface area contributed by atoms with Crippen LogP contribution in [0.3, 0.4) is 0 Å². The van der Waals surface area contributed by atoms with Gasteiger partial charge in [0, 0.05) is 11.6 Å². The van der Waals surface area contributed by atoms with E-state index in [1.165, 1.54) is 25.3 Å². The zero-order chi connectivity index (χ0) is 22.9. The van der Waals surface area contributed by atoms with Crippen molar-refractivity contribution in [1.82, 2.24) is 15.3 Å². The van der Waals surface area contributed by atoms with E-state index in [9.17, 15) is 22.4 Å². The summed E-state index contributed by atoms with van der Waals surface area (Å²) in [5.74, 6) is -1.18. The fraction of sp³-hybridized carbons (Fsp3) is 0.286. The van der Waals surface area contributed by atoms with Crippen LogP contribution in [0.1, 0.15) is 40.7 Å². The number of hydrogen-bond donors (Lipinski definition) is 1. The van der Waals surface area contributed by atoms with Crippen LogP contribution in [0.2, 0.25) is 0 Å². The molecule has 1 aliphatic rings. The normalized spacial score (nSPS) is 15.7. The number of ether oxygens (including phenoxy) is 2. The number of nitrogens with one attached hydrogen (secondary N) is 1. The first-order valence-electron chi connectivity index (χ1n) is 9.59. The number of nitrogens with zero attached hydrogens (tertiary/aromatic N) is 2. The summed E-state index contributed by atoms with van der Waals surface area (Å²) in [5.41, 5.74) is 0.623. The molecular formula is C21H17F4N3O4. The average molecular weight is 451 g/mol. The average Bonchev–Trinajstić information content (AvgIpc) is 3.18. The van der Waals surface area contributed by atoms with Gasteiger partial charge in [0.25, 0.3) is 5.91 Å². The number of oxazole rings is 1. The zero-order valence-electron chi connectivity index (χ0n) is 16.7. The number of carbonyl (C=O) groups is 1. The summed E-state index contributed by atoms with van der Waals surface area (Å²) in [6.45, 7) is 0. The van der Waals surface area contributed by atoms with Gasteiger partial charge in [-0.1, -0.05) is 6.07 Å². The van der Waals surface area contributed by atoms with Crippen LogP contribution >= 0.6 is 0 Å². The van der Waals surface area contributed by atoms with Gasteiger partial charge in [0.05, 0.1) is 30.6 Å². The van der Waals surface area contributed by atoms with Gasteiger partial charge < -0.3 is 19.2 Å². The van der Waals surface area contributed by atoms with Gasteiger partial charge in [0.15, 0.2) is 5.82 Å². The van der Waals surface area contributed by atoms with E-state index in [1.807, 2.05) is 0 Å². The van der Waals surface area contributed by atoms with Crippen LogP contribution in [-0.4, -0.2) is 29.3 Å². The van der Waals surface area contributed by atoms with E-state index in [1.54, 1.807) is 0 Å². The summed E-state index contributed by atoms with van der Waals surface area (Å²) in [4.78, 5) is 20.8. The maximum absolute atomic E-state index is 14.3. The molecule has 2 aromatic heterocycles. The molecule has 0 saturated carbocycles. The molecule has 168 valence electrons. The van der Waals surface area contributed by atoms with Crippen molar-refractivity contribution in [2.24, 2.45) is 0 Å². The lowest BCUT2D eigenvalue weighted by Crippen LogP contribution is -2.30. The van der Waals surface area contributed by atoms with Crippen LogP contribution in [-0.2, 0) is 6.42 Å². The molecule has 1 aromatic carbocycles. The predicted molar refractivity (Wildman–Crippen MR) is 103 cm³/mol. The standard InChI is InChI=1S/C21H17F4N3O4/c1-30-17-9-13(14(22)10-26-17)20-28-16-7-3-6-15(18(16)31-20)27-19(29)11-4-2-5-12(8-11)32-21(23,24)25/h2,4-5,8-10,15H,3,6-7H2,1H3,(H,27,29)/t15-/m0/s1. The second-order valence-corrected chi connectivity index (χ2v) is 7.03. The van der Waals surface area contributed by atoms with Gasteiger partial charge in [0.1, 0.15) is 11.5 Å². The van der Waals surface area contributed by atoms with Gasteiger partial charge in [-0.2, -0.15) is 0 Å². The van der Waals surface area contributed by atoms with Crippen molar-refractivity contribution in [2.45, 2.75) is 31.7 Å². The smallest absolute Gasteiger partial charge is 0.481 e. The molecule has 32 heavy (non-hydrogen) atoms. The van der Waals surface area contributed by atoms with E-state index < -0.39 is 29.9 Å². The molecule has 0 aliphatic heterocycles. The third-order valence-corrected chi connectivity index (χ3v) is 4.86. The highest BCUT2D eigenvalue weighted by atomic mass is 19.4. The van der Waals surface area contributed by atoms with Gasteiger partial charge in [0.2, 0.25) is 11.8 Å². The first-order valence-corrected chi connectivity index (χ1v) is 9.59. The van der Waals surface area contributed by atoms with E-state index in [0.29, 0.717) is 30.7 Å². The minimum atomic E-state index is -4.87. The molecule has 0 unspecified atom stereocenters. The number of rotatable bonds is 5. The Bertz CT molecular complexity index is 1150. The molecule has 3 aromatic rings. The van der Waals surface area contributed by atoms with Gasteiger partial charge in [-0.15, -0.1) is 13.2 Å². The highest BCUT2D eigenvalue weighted by Crippen LogP contribution is 2.35. The molecule has 0 radical (unpaired) electrons. The van der Waals surface area contributed by atoms with Crippen molar-refractivity contribution in [3.63, 3.8) is 0 Å². The van der Waals surface area contributed by atoms with Crippen LogP contribution < -0.4 is 14.8 Å². The second kappa shape index (κ2) is 8.48. The number of aromatic nitrogens is 2. The quantitative estimate of drug-likeness (QED) is 0.571. The maximum atomic E-state index is 14.3. The molecular weight excluding hydrogens is 434 g/mol. The monoisotopic (exact) mass is 451 g/mol. The van der Waals surface area contributed by atoms with Crippen molar-refractivity contribution < 1.29 is 36.2 Å². The van der Waals surface area contributed by atoms with E-state index in [2.05, 4.69) is 20.0 Å². The number of fused-ring (bicyclic) bond motifs is 1. The lowest BCUT2D eigenvalue weighted by atomic mass is 9.96. The third kappa shape index (κ3) is 4.66.